The summed E-state index contributed by atoms with van der Waals surface area (Å²) in [5.74, 6) is -0.139. The van der Waals surface area contributed by atoms with Crippen molar-refractivity contribution < 1.29 is 22.8 Å². The van der Waals surface area contributed by atoms with Crippen LogP contribution in [-0.2, 0) is 17.4 Å². The normalized spacial score (nSPS) is 14.7. The summed E-state index contributed by atoms with van der Waals surface area (Å²) in [5, 5.41) is 0.559. The predicted octanol–water partition coefficient (Wildman–Crippen LogP) is 4.93. The van der Waals surface area contributed by atoms with Gasteiger partial charge < -0.3 is 9.80 Å². The minimum Gasteiger partial charge on any atom is -0.339 e. The molecule has 4 rings (SSSR count). The fraction of sp³-hybridized carbons (Fsp3) is 0.375. The van der Waals surface area contributed by atoms with Crippen molar-refractivity contribution in [2.45, 2.75) is 32.4 Å². The van der Waals surface area contributed by atoms with E-state index >= 15 is 0 Å². The summed E-state index contributed by atoms with van der Waals surface area (Å²) in [7, 11) is 0. The third-order valence-corrected chi connectivity index (χ3v) is 7.10. The largest absolute Gasteiger partial charge is 0.433 e. The Balaban J connectivity index is 1.34. The number of rotatable bonds is 5. The van der Waals surface area contributed by atoms with Crippen LogP contribution >= 0.6 is 11.3 Å². The summed E-state index contributed by atoms with van der Waals surface area (Å²) < 4.78 is 38.9. The van der Waals surface area contributed by atoms with Crippen LogP contribution in [0.2, 0.25) is 0 Å². The lowest BCUT2D eigenvalue weighted by molar-refractivity contribution is -0.141. The van der Waals surface area contributed by atoms with E-state index in [1.807, 2.05) is 30.3 Å². The smallest absolute Gasteiger partial charge is 0.339 e. The molecule has 0 saturated carbocycles. The molecule has 2 amide bonds. The van der Waals surface area contributed by atoms with Gasteiger partial charge in [0.2, 0.25) is 5.91 Å². The maximum Gasteiger partial charge on any atom is 0.433 e. The average molecular weight is 476 g/mol. The molecule has 0 N–H and O–H groups in total. The first-order chi connectivity index (χ1) is 15.7. The first kappa shape index (κ1) is 23.2. The van der Waals surface area contributed by atoms with E-state index in [2.05, 4.69) is 4.98 Å². The molecule has 0 atom stereocenters. The molecule has 5 nitrogen and oxygen atoms in total. The number of halogens is 3. The van der Waals surface area contributed by atoms with Gasteiger partial charge in [-0.25, -0.2) is 4.98 Å². The summed E-state index contributed by atoms with van der Waals surface area (Å²) in [6.45, 7) is 3.44. The summed E-state index contributed by atoms with van der Waals surface area (Å²) in [4.78, 5) is 33.4. The van der Waals surface area contributed by atoms with E-state index in [1.165, 1.54) is 11.6 Å². The number of aromatic nitrogens is 1. The van der Waals surface area contributed by atoms with Crippen LogP contribution in [0.3, 0.4) is 0 Å². The Kier molecular flexibility index (Phi) is 6.69. The number of piperazine rings is 1. The number of alkyl halides is 3. The molecule has 1 saturated heterocycles. The Morgan fingerprint density at radius 2 is 1.67 bits per heavy atom. The number of carbonyl (C=O) groups excluding carboxylic acids is 2. The van der Waals surface area contributed by atoms with Crippen LogP contribution in [0.25, 0.3) is 10.2 Å². The second kappa shape index (κ2) is 9.51. The fourth-order valence-electron chi connectivity index (χ4n) is 4.01. The zero-order valence-corrected chi connectivity index (χ0v) is 19.0. The molecular formula is C24H24F3N3O2S. The van der Waals surface area contributed by atoms with Gasteiger partial charge in [0.25, 0.3) is 5.91 Å². The van der Waals surface area contributed by atoms with E-state index < -0.39 is 11.9 Å². The maximum absolute atomic E-state index is 13.1. The molecule has 1 aliphatic heterocycles. The number of amides is 2. The summed E-state index contributed by atoms with van der Waals surface area (Å²) >= 11 is 0.989. The van der Waals surface area contributed by atoms with Crippen LogP contribution in [0.5, 0.6) is 0 Å². The molecule has 0 aliphatic carbocycles. The highest BCUT2D eigenvalue weighted by Crippen LogP contribution is 2.34. The van der Waals surface area contributed by atoms with Crippen LogP contribution in [0.4, 0.5) is 13.2 Å². The highest BCUT2D eigenvalue weighted by atomic mass is 32.1. The number of hydrogen-bond donors (Lipinski definition) is 0. The molecule has 1 aliphatic rings. The van der Waals surface area contributed by atoms with E-state index in [-0.39, 0.29) is 16.6 Å². The number of nitrogens with zero attached hydrogens (tertiary/aromatic N) is 3. The molecule has 0 spiro atoms. The number of fused-ring (bicyclic) bond motifs is 1. The second-order valence-electron chi connectivity index (χ2n) is 8.12. The highest BCUT2D eigenvalue weighted by Gasteiger charge is 2.33. The fourth-order valence-corrected chi connectivity index (χ4v) is 5.16. The van der Waals surface area contributed by atoms with E-state index in [4.69, 9.17) is 0 Å². The van der Waals surface area contributed by atoms with Gasteiger partial charge in [-0.05, 0) is 43.0 Å². The Morgan fingerprint density at radius 1 is 1.00 bits per heavy atom. The van der Waals surface area contributed by atoms with Crippen LogP contribution in [0, 0.1) is 6.92 Å². The van der Waals surface area contributed by atoms with Crippen molar-refractivity contribution in [3.05, 3.63) is 64.2 Å². The van der Waals surface area contributed by atoms with Crippen molar-refractivity contribution in [1.82, 2.24) is 14.8 Å². The third kappa shape index (κ3) is 5.19. The monoisotopic (exact) mass is 475 g/mol. The van der Waals surface area contributed by atoms with Gasteiger partial charge in [-0.15, -0.1) is 11.3 Å². The van der Waals surface area contributed by atoms with Crippen molar-refractivity contribution in [3.8, 4) is 0 Å². The van der Waals surface area contributed by atoms with Crippen molar-refractivity contribution in [3.63, 3.8) is 0 Å². The molecule has 0 radical (unpaired) electrons. The standard InChI is InChI=1S/C24H24F3N3O2S/c1-16-18-10-11-19(24(25,26)27)28-22(18)33-21(16)23(32)30-14-12-29(13-15-30)20(31)9-5-8-17-6-3-2-4-7-17/h2-4,6-7,10-11H,5,8-9,12-15H2,1H3. The molecule has 0 bridgehead atoms. The lowest BCUT2D eigenvalue weighted by Crippen LogP contribution is -2.50. The lowest BCUT2D eigenvalue weighted by Gasteiger charge is -2.34. The van der Waals surface area contributed by atoms with Gasteiger partial charge in [0.05, 0.1) is 4.88 Å². The van der Waals surface area contributed by atoms with Gasteiger partial charge >= 0.3 is 6.18 Å². The number of pyridine rings is 1. The Hall–Kier alpha value is -2.94. The highest BCUT2D eigenvalue weighted by molar-refractivity contribution is 7.20. The van der Waals surface area contributed by atoms with Crippen molar-refractivity contribution in [2.75, 3.05) is 26.2 Å². The summed E-state index contributed by atoms with van der Waals surface area (Å²) in [5.41, 5.74) is 0.881. The van der Waals surface area contributed by atoms with Gasteiger partial charge in [0, 0.05) is 38.0 Å². The van der Waals surface area contributed by atoms with Crippen LogP contribution in [-0.4, -0.2) is 52.8 Å². The first-order valence-corrected chi connectivity index (χ1v) is 11.6. The molecule has 3 aromatic rings. The minimum absolute atomic E-state index is 0.0833. The molecular weight excluding hydrogens is 451 g/mol. The summed E-state index contributed by atoms with van der Waals surface area (Å²) in [6, 6.07) is 12.3. The van der Waals surface area contributed by atoms with E-state index in [0.717, 1.165) is 30.2 Å². The molecule has 9 heteroatoms. The van der Waals surface area contributed by atoms with Gasteiger partial charge in [-0.1, -0.05) is 30.3 Å². The van der Waals surface area contributed by atoms with Gasteiger partial charge in [-0.2, -0.15) is 13.2 Å². The van der Waals surface area contributed by atoms with Crippen LogP contribution < -0.4 is 0 Å². The van der Waals surface area contributed by atoms with Crippen molar-refractivity contribution in [2.24, 2.45) is 0 Å². The minimum atomic E-state index is -4.53. The van der Waals surface area contributed by atoms with E-state index in [9.17, 15) is 22.8 Å². The topological polar surface area (TPSA) is 53.5 Å². The van der Waals surface area contributed by atoms with Gasteiger partial charge in [0.15, 0.2) is 0 Å². The quantitative estimate of drug-likeness (QED) is 0.526. The van der Waals surface area contributed by atoms with E-state index in [0.29, 0.717) is 48.4 Å². The number of aryl methyl sites for hydroxylation is 2. The zero-order valence-electron chi connectivity index (χ0n) is 18.2. The zero-order chi connectivity index (χ0) is 23.6. The Morgan fingerprint density at radius 3 is 2.33 bits per heavy atom. The van der Waals surface area contributed by atoms with Gasteiger partial charge in [0.1, 0.15) is 10.5 Å². The maximum atomic E-state index is 13.1. The lowest BCUT2D eigenvalue weighted by atomic mass is 10.1. The average Bonchev–Trinajstić information content (AvgIpc) is 3.14. The Bertz CT molecular complexity index is 1150. The molecule has 33 heavy (non-hydrogen) atoms. The number of thiophene rings is 1. The Labute approximate surface area is 193 Å². The second-order valence-corrected chi connectivity index (χ2v) is 9.11. The molecule has 3 heterocycles. The van der Waals surface area contributed by atoms with Crippen molar-refractivity contribution in [1.29, 1.82) is 0 Å². The van der Waals surface area contributed by atoms with Gasteiger partial charge in [-0.3, -0.25) is 9.59 Å². The molecule has 2 aromatic heterocycles. The third-order valence-electron chi connectivity index (χ3n) is 5.91. The summed E-state index contributed by atoms with van der Waals surface area (Å²) in [6.07, 6.45) is -2.44. The van der Waals surface area contributed by atoms with Crippen LogP contribution in [0.15, 0.2) is 42.5 Å². The first-order valence-electron chi connectivity index (χ1n) is 10.8. The predicted molar refractivity (Wildman–Crippen MR) is 121 cm³/mol. The van der Waals surface area contributed by atoms with Crippen molar-refractivity contribution >= 4 is 33.4 Å². The molecule has 1 fully saturated rings. The molecule has 1 aromatic carbocycles. The molecule has 174 valence electrons. The van der Waals surface area contributed by atoms with E-state index in [1.54, 1.807) is 16.7 Å². The SMILES string of the molecule is Cc1c(C(=O)N2CCN(C(=O)CCCc3ccccc3)CC2)sc2nc(C(F)(F)F)ccc12. The molecule has 0 unspecified atom stereocenters. The number of hydrogen-bond acceptors (Lipinski definition) is 4. The number of carbonyl (C=O) groups is 2. The number of benzene rings is 1. The van der Waals surface area contributed by atoms with Crippen LogP contribution in [0.1, 0.15) is 39.3 Å².